The SMILES string of the molecule is Cc1cc2c(SCc3ccc(C(=O)O)cc3)ncnc2s1. The van der Waals surface area contributed by atoms with Crippen LogP contribution >= 0.6 is 23.1 Å². The molecule has 3 aromatic rings. The lowest BCUT2D eigenvalue weighted by atomic mass is 10.1. The number of aromatic carboxylic acids is 1. The highest BCUT2D eigenvalue weighted by atomic mass is 32.2. The van der Waals surface area contributed by atoms with Crippen LogP contribution in [0.4, 0.5) is 0 Å². The van der Waals surface area contributed by atoms with E-state index in [-0.39, 0.29) is 0 Å². The molecule has 0 amide bonds. The Morgan fingerprint density at radius 2 is 2.05 bits per heavy atom. The Morgan fingerprint density at radius 1 is 1.29 bits per heavy atom. The van der Waals surface area contributed by atoms with Crippen LogP contribution in [0, 0.1) is 6.92 Å². The molecule has 0 aliphatic carbocycles. The normalized spacial score (nSPS) is 10.9. The maximum absolute atomic E-state index is 10.8. The van der Waals surface area contributed by atoms with E-state index in [0.29, 0.717) is 5.56 Å². The third kappa shape index (κ3) is 3.06. The molecule has 6 heteroatoms. The van der Waals surface area contributed by atoms with Gasteiger partial charge in [0.2, 0.25) is 0 Å². The van der Waals surface area contributed by atoms with Crippen LogP contribution < -0.4 is 0 Å². The summed E-state index contributed by atoms with van der Waals surface area (Å²) in [5.74, 6) is -0.151. The molecule has 106 valence electrons. The van der Waals surface area contributed by atoms with E-state index < -0.39 is 5.97 Å². The Bertz CT molecular complexity index is 797. The van der Waals surface area contributed by atoms with Gasteiger partial charge >= 0.3 is 5.97 Å². The van der Waals surface area contributed by atoms with E-state index >= 15 is 0 Å². The van der Waals surface area contributed by atoms with Gasteiger partial charge in [-0.15, -0.1) is 23.1 Å². The fraction of sp³-hybridized carbons (Fsp3) is 0.133. The van der Waals surface area contributed by atoms with Crippen molar-refractivity contribution in [1.82, 2.24) is 9.97 Å². The first kappa shape index (κ1) is 14.0. The number of fused-ring (bicyclic) bond motifs is 1. The Hall–Kier alpha value is -1.92. The molecule has 2 aromatic heterocycles. The van der Waals surface area contributed by atoms with Gasteiger partial charge in [-0.1, -0.05) is 12.1 Å². The average Bonchev–Trinajstić information content (AvgIpc) is 2.86. The Balaban J connectivity index is 1.78. The van der Waals surface area contributed by atoms with Gasteiger partial charge in [-0.25, -0.2) is 14.8 Å². The van der Waals surface area contributed by atoms with Crippen molar-refractivity contribution in [2.24, 2.45) is 0 Å². The number of nitrogens with zero attached hydrogens (tertiary/aromatic N) is 2. The lowest BCUT2D eigenvalue weighted by Crippen LogP contribution is -1.95. The van der Waals surface area contributed by atoms with Crippen LogP contribution in [0.25, 0.3) is 10.2 Å². The molecule has 2 heterocycles. The van der Waals surface area contributed by atoms with E-state index in [2.05, 4.69) is 23.0 Å². The number of carbonyl (C=O) groups is 1. The van der Waals surface area contributed by atoms with Crippen molar-refractivity contribution >= 4 is 39.3 Å². The van der Waals surface area contributed by atoms with Gasteiger partial charge < -0.3 is 5.11 Å². The molecule has 1 aromatic carbocycles. The molecule has 3 rings (SSSR count). The van der Waals surface area contributed by atoms with Crippen molar-refractivity contribution in [2.75, 3.05) is 0 Å². The fourth-order valence-electron chi connectivity index (χ4n) is 1.96. The third-order valence-corrected chi connectivity index (χ3v) is 5.03. The van der Waals surface area contributed by atoms with E-state index in [0.717, 1.165) is 26.6 Å². The topological polar surface area (TPSA) is 63.1 Å². The summed E-state index contributed by atoms with van der Waals surface area (Å²) < 4.78 is 0. The number of rotatable bonds is 4. The predicted octanol–water partition coefficient (Wildman–Crippen LogP) is 3.99. The molecular weight excluding hydrogens is 304 g/mol. The molecule has 1 N–H and O–H groups in total. The maximum Gasteiger partial charge on any atom is 0.335 e. The van der Waals surface area contributed by atoms with E-state index in [4.69, 9.17) is 5.11 Å². The van der Waals surface area contributed by atoms with E-state index in [1.165, 1.54) is 4.88 Å². The second-order valence-corrected chi connectivity index (χ2v) is 6.74. The number of benzene rings is 1. The van der Waals surface area contributed by atoms with Gasteiger partial charge in [0.05, 0.1) is 5.56 Å². The minimum absolute atomic E-state index is 0.307. The molecular formula is C15H12N2O2S2. The molecule has 0 saturated carbocycles. The van der Waals surface area contributed by atoms with Crippen LogP contribution in [-0.2, 0) is 5.75 Å². The fourth-order valence-corrected chi connectivity index (χ4v) is 3.80. The van der Waals surface area contributed by atoms with Crippen LogP contribution in [0.15, 0.2) is 41.7 Å². The summed E-state index contributed by atoms with van der Waals surface area (Å²) in [4.78, 5) is 21.7. The Kier molecular flexibility index (Phi) is 3.90. The molecule has 0 spiro atoms. The summed E-state index contributed by atoms with van der Waals surface area (Å²) >= 11 is 3.30. The van der Waals surface area contributed by atoms with Crippen LogP contribution in [0.2, 0.25) is 0 Å². The summed E-state index contributed by atoms with van der Waals surface area (Å²) in [6.45, 7) is 2.06. The van der Waals surface area contributed by atoms with Crippen LogP contribution in [0.1, 0.15) is 20.8 Å². The van der Waals surface area contributed by atoms with E-state index in [1.54, 1.807) is 41.6 Å². The highest BCUT2D eigenvalue weighted by Crippen LogP contribution is 2.31. The van der Waals surface area contributed by atoms with E-state index in [9.17, 15) is 4.79 Å². The molecule has 0 saturated heterocycles. The van der Waals surface area contributed by atoms with Crippen molar-refractivity contribution in [3.05, 3.63) is 52.7 Å². The molecule has 0 atom stereocenters. The summed E-state index contributed by atoms with van der Waals surface area (Å²) in [5.41, 5.74) is 1.38. The smallest absolute Gasteiger partial charge is 0.335 e. The molecule has 0 aliphatic rings. The number of hydrogen-bond acceptors (Lipinski definition) is 5. The third-order valence-electron chi connectivity index (χ3n) is 2.99. The first-order valence-corrected chi connectivity index (χ1v) is 8.10. The molecule has 0 fully saturated rings. The van der Waals surface area contributed by atoms with Gasteiger partial charge in [0, 0.05) is 16.0 Å². The zero-order valence-corrected chi connectivity index (χ0v) is 12.9. The number of thioether (sulfide) groups is 1. The second kappa shape index (κ2) is 5.83. The summed E-state index contributed by atoms with van der Waals surface area (Å²) in [5, 5.41) is 10.9. The van der Waals surface area contributed by atoms with Gasteiger partial charge in [-0.3, -0.25) is 0 Å². The van der Waals surface area contributed by atoms with Crippen molar-refractivity contribution in [2.45, 2.75) is 17.7 Å². The highest BCUT2D eigenvalue weighted by Gasteiger charge is 2.08. The first-order chi connectivity index (χ1) is 10.1. The molecule has 4 nitrogen and oxygen atoms in total. The summed E-state index contributed by atoms with van der Waals surface area (Å²) in [7, 11) is 0. The molecule has 21 heavy (non-hydrogen) atoms. The number of aromatic nitrogens is 2. The van der Waals surface area contributed by atoms with Gasteiger partial charge in [-0.05, 0) is 30.7 Å². The quantitative estimate of drug-likeness (QED) is 0.582. The molecule has 0 radical (unpaired) electrons. The molecule has 0 bridgehead atoms. The average molecular weight is 316 g/mol. The van der Waals surface area contributed by atoms with Crippen LogP contribution in [0.3, 0.4) is 0 Å². The second-order valence-electron chi connectivity index (χ2n) is 4.55. The largest absolute Gasteiger partial charge is 0.478 e. The zero-order chi connectivity index (χ0) is 14.8. The molecule has 0 aliphatic heterocycles. The highest BCUT2D eigenvalue weighted by molar-refractivity contribution is 7.98. The number of thiophene rings is 1. The molecule has 0 unspecified atom stereocenters. The summed E-state index contributed by atoms with van der Waals surface area (Å²) in [6.07, 6.45) is 1.59. The van der Waals surface area contributed by atoms with Gasteiger partial charge in [-0.2, -0.15) is 0 Å². The van der Waals surface area contributed by atoms with Gasteiger partial charge in [0.15, 0.2) is 0 Å². The Morgan fingerprint density at radius 3 is 2.76 bits per heavy atom. The standard InChI is InChI=1S/C15H12N2O2S2/c1-9-6-12-13(16-8-17-14(12)21-9)20-7-10-2-4-11(5-3-10)15(18)19/h2-6,8H,7H2,1H3,(H,18,19). The zero-order valence-electron chi connectivity index (χ0n) is 11.2. The lowest BCUT2D eigenvalue weighted by molar-refractivity contribution is 0.0697. The van der Waals surface area contributed by atoms with Gasteiger partial charge in [0.1, 0.15) is 16.2 Å². The van der Waals surface area contributed by atoms with Crippen molar-refractivity contribution in [1.29, 1.82) is 0 Å². The van der Waals surface area contributed by atoms with E-state index in [1.807, 2.05) is 12.1 Å². The van der Waals surface area contributed by atoms with Crippen molar-refractivity contribution in [3.63, 3.8) is 0 Å². The number of carboxylic acid groups (broad SMARTS) is 1. The van der Waals surface area contributed by atoms with Crippen LogP contribution in [-0.4, -0.2) is 21.0 Å². The number of aryl methyl sites for hydroxylation is 1. The predicted molar refractivity (Wildman–Crippen MR) is 85.1 cm³/mol. The number of carboxylic acids is 1. The number of hydrogen-bond donors (Lipinski definition) is 1. The maximum atomic E-state index is 10.8. The minimum Gasteiger partial charge on any atom is -0.478 e. The van der Waals surface area contributed by atoms with Gasteiger partial charge in [0.25, 0.3) is 0 Å². The summed E-state index contributed by atoms with van der Waals surface area (Å²) in [6, 6.07) is 9.04. The minimum atomic E-state index is -0.902. The van der Waals surface area contributed by atoms with Crippen LogP contribution in [0.5, 0.6) is 0 Å². The van der Waals surface area contributed by atoms with Crippen molar-refractivity contribution < 1.29 is 9.90 Å². The first-order valence-electron chi connectivity index (χ1n) is 6.29. The van der Waals surface area contributed by atoms with Crippen molar-refractivity contribution in [3.8, 4) is 0 Å². The Labute approximate surface area is 129 Å². The monoisotopic (exact) mass is 316 g/mol. The lowest BCUT2D eigenvalue weighted by Gasteiger charge is -2.03.